The zero-order valence-corrected chi connectivity index (χ0v) is 14.8. The van der Waals surface area contributed by atoms with E-state index in [2.05, 4.69) is 20.3 Å². The highest BCUT2D eigenvalue weighted by Gasteiger charge is 2.30. The number of fused-ring (bicyclic) bond motifs is 2. The minimum atomic E-state index is -0.859. The first-order valence-corrected chi connectivity index (χ1v) is 8.74. The molecule has 28 heavy (non-hydrogen) atoms. The normalized spacial score (nSPS) is 16.1. The Morgan fingerprint density at radius 2 is 2.00 bits per heavy atom. The van der Waals surface area contributed by atoms with E-state index in [1.54, 1.807) is 17.9 Å². The Bertz CT molecular complexity index is 1240. The Hall–Kier alpha value is -3.20. The summed E-state index contributed by atoms with van der Waals surface area (Å²) < 4.78 is 46.9. The van der Waals surface area contributed by atoms with E-state index < -0.39 is 34.8 Å². The van der Waals surface area contributed by atoms with E-state index >= 15 is 8.78 Å². The van der Waals surface area contributed by atoms with Crippen molar-refractivity contribution >= 4 is 10.9 Å². The van der Waals surface area contributed by atoms with Gasteiger partial charge in [0.15, 0.2) is 5.82 Å². The van der Waals surface area contributed by atoms with Gasteiger partial charge in [-0.25, -0.2) is 13.2 Å². The van der Waals surface area contributed by atoms with Crippen LogP contribution in [0, 0.1) is 17.5 Å². The van der Waals surface area contributed by atoms with E-state index in [4.69, 9.17) is 5.73 Å². The smallest absolute Gasteiger partial charge is 0.161 e. The molecule has 1 aliphatic carbocycles. The molecule has 1 unspecified atom stereocenters. The molecule has 0 spiro atoms. The molecule has 0 amide bonds. The third-order valence-corrected chi connectivity index (χ3v) is 5.20. The first kappa shape index (κ1) is 16.9. The van der Waals surface area contributed by atoms with Gasteiger partial charge in [0.1, 0.15) is 23.0 Å². The third kappa shape index (κ3) is 2.29. The molecule has 1 aromatic carbocycles. The minimum Gasteiger partial charge on any atom is -0.324 e. The van der Waals surface area contributed by atoms with Crippen molar-refractivity contribution in [3.63, 3.8) is 0 Å². The van der Waals surface area contributed by atoms with E-state index in [1.807, 2.05) is 0 Å². The molecule has 9 heteroatoms. The molecule has 5 rings (SSSR count). The molecule has 0 bridgehead atoms. The summed E-state index contributed by atoms with van der Waals surface area (Å²) >= 11 is 0. The molecule has 1 atom stereocenters. The first-order valence-electron chi connectivity index (χ1n) is 8.74. The fourth-order valence-corrected chi connectivity index (χ4v) is 3.87. The molecule has 142 valence electrons. The molecular formula is C19H15F3N6. The van der Waals surface area contributed by atoms with Gasteiger partial charge >= 0.3 is 0 Å². The van der Waals surface area contributed by atoms with Crippen LogP contribution >= 0.6 is 0 Å². The van der Waals surface area contributed by atoms with Crippen molar-refractivity contribution in [1.29, 1.82) is 0 Å². The van der Waals surface area contributed by atoms with Crippen LogP contribution in [0.4, 0.5) is 13.2 Å². The van der Waals surface area contributed by atoms with Crippen LogP contribution in [0.25, 0.3) is 33.4 Å². The highest BCUT2D eigenvalue weighted by atomic mass is 19.1. The van der Waals surface area contributed by atoms with Crippen molar-refractivity contribution in [3.8, 4) is 22.5 Å². The van der Waals surface area contributed by atoms with E-state index in [1.165, 1.54) is 18.5 Å². The molecule has 0 saturated carbocycles. The first-order chi connectivity index (χ1) is 13.5. The number of aromatic nitrogens is 5. The Labute approximate surface area is 157 Å². The Morgan fingerprint density at radius 1 is 1.18 bits per heavy atom. The summed E-state index contributed by atoms with van der Waals surface area (Å²) in [5.41, 5.74) is 6.98. The summed E-state index contributed by atoms with van der Waals surface area (Å²) in [7, 11) is 1.72. The summed E-state index contributed by atoms with van der Waals surface area (Å²) in [5.74, 6) is -2.56. The van der Waals surface area contributed by atoms with Gasteiger partial charge in [0.2, 0.25) is 0 Å². The lowest BCUT2D eigenvalue weighted by atomic mass is 9.99. The molecule has 3 aromatic heterocycles. The van der Waals surface area contributed by atoms with Crippen LogP contribution < -0.4 is 5.73 Å². The zero-order valence-electron chi connectivity index (χ0n) is 14.8. The van der Waals surface area contributed by atoms with E-state index in [9.17, 15) is 4.39 Å². The summed E-state index contributed by atoms with van der Waals surface area (Å²) in [4.78, 5) is 3.97. The van der Waals surface area contributed by atoms with Crippen LogP contribution in [0.3, 0.4) is 0 Å². The molecule has 3 heterocycles. The number of H-pyrrole nitrogens is 1. The molecule has 3 N–H and O–H groups in total. The zero-order chi connectivity index (χ0) is 19.6. The van der Waals surface area contributed by atoms with Crippen LogP contribution in [-0.2, 0) is 13.5 Å². The molecule has 0 fully saturated rings. The van der Waals surface area contributed by atoms with Gasteiger partial charge < -0.3 is 5.73 Å². The van der Waals surface area contributed by atoms with E-state index in [-0.39, 0.29) is 10.9 Å². The number of aromatic amines is 1. The topological polar surface area (TPSA) is 85.4 Å². The quantitative estimate of drug-likeness (QED) is 0.555. The van der Waals surface area contributed by atoms with Crippen molar-refractivity contribution in [2.75, 3.05) is 0 Å². The summed E-state index contributed by atoms with van der Waals surface area (Å²) in [5, 5.41) is 11.0. The predicted octanol–water partition coefficient (Wildman–Crippen LogP) is 3.39. The van der Waals surface area contributed by atoms with Crippen molar-refractivity contribution in [3.05, 3.63) is 53.2 Å². The van der Waals surface area contributed by atoms with Crippen molar-refractivity contribution < 1.29 is 13.2 Å². The molecular weight excluding hydrogens is 369 g/mol. The van der Waals surface area contributed by atoms with Crippen LogP contribution in [0.15, 0.2) is 24.7 Å². The lowest BCUT2D eigenvalue weighted by molar-refractivity contribution is 0.562. The third-order valence-electron chi connectivity index (χ3n) is 5.20. The number of pyridine rings is 1. The molecule has 0 saturated heterocycles. The minimum absolute atomic E-state index is 0.0987. The lowest BCUT2D eigenvalue weighted by Gasteiger charge is -2.13. The van der Waals surface area contributed by atoms with Gasteiger partial charge in [-0.2, -0.15) is 10.2 Å². The highest BCUT2D eigenvalue weighted by molar-refractivity contribution is 5.95. The van der Waals surface area contributed by atoms with Gasteiger partial charge in [-0.05, 0) is 24.5 Å². The highest BCUT2D eigenvalue weighted by Crippen LogP contribution is 2.40. The van der Waals surface area contributed by atoms with Crippen molar-refractivity contribution in [2.24, 2.45) is 12.8 Å². The Balaban J connectivity index is 1.78. The van der Waals surface area contributed by atoms with Crippen LogP contribution in [0.5, 0.6) is 0 Å². The van der Waals surface area contributed by atoms with Crippen LogP contribution in [0.1, 0.15) is 23.6 Å². The standard InChI is InChI=1S/C19H15F3N6/c1-28-7-9(5-25-28)18-15-12(26-27-18)6-24-19(17(15)22)14-10(20)4-8-2-3-11(23)13(8)16(14)21/h4-7,11H,2-3,23H2,1H3,(H,26,27). The summed E-state index contributed by atoms with van der Waals surface area (Å²) in [6.45, 7) is 0. The number of nitrogens with zero attached hydrogens (tertiary/aromatic N) is 4. The number of hydrogen-bond acceptors (Lipinski definition) is 4. The number of rotatable bonds is 2. The number of benzene rings is 1. The number of hydrogen-bond donors (Lipinski definition) is 2. The Kier molecular flexibility index (Phi) is 3.57. The number of halogens is 3. The second-order valence-corrected chi connectivity index (χ2v) is 6.95. The average Bonchev–Trinajstić information content (AvgIpc) is 3.35. The van der Waals surface area contributed by atoms with Gasteiger partial charge in [-0.1, -0.05) is 0 Å². The van der Waals surface area contributed by atoms with E-state index in [0.717, 1.165) is 0 Å². The second-order valence-electron chi connectivity index (χ2n) is 6.95. The SMILES string of the molecule is Cn1cc(-c2n[nH]c3cnc(-c4c(F)cc5c(c4F)C(N)CC5)c(F)c23)cn1. The predicted molar refractivity (Wildman–Crippen MR) is 96.7 cm³/mol. The van der Waals surface area contributed by atoms with Crippen molar-refractivity contribution in [1.82, 2.24) is 25.0 Å². The molecule has 1 aliphatic rings. The maximum Gasteiger partial charge on any atom is 0.161 e. The molecule has 0 aliphatic heterocycles. The van der Waals surface area contributed by atoms with Gasteiger partial charge in [0.25, 0.3) is 0 Å². The number of nitrogens with one attached hydrogen (secondary N) is 1. The lowest BCUT2D eigenvalue weighted by Crippen LogP contribution is -2.10. The maximum absolute atomic E-state index is 15.4. The molecule has 6 nitrogen and oxygen atoms in total. The second kappa shape index (κ2) is 5.90. The molecule has 0 radical (unpaired) electrons. The number of aryl methyl sites for hydroxylation is 2. The molecule has 4 aromatic rings. The van der Waals surface area contributed by atoms with Gasteiger partial charge in [-0.3, -0.25) is 14.8 Å². The Morgan fingerprint density at radius 3 is 2.75 bits per heavy atom. The van der Waals surface area contributed by atoms with Gasteiger partial charge in [0.05, 0.1) is 28.9 Å². The monoisotopic (exact) mass is 384 g/mol. The van der Waals surface area contributed by atoms with Gasteiger partial charge in [0, 0.05) is 30.4 Å². The fourth-order valence-electron chi connectivity index (χ4n) is 3.87. The average molecular weight is 384 g/mol. The van der Waals surface area contributed by atoms with Crippen molar-refractivity contribution in [2.45, 2.75) is 18.9 Å². The van der Waals surface area contributed by atoms with Crippen LogP contribution in [-0.4, -0.2) is 25.0 Å². The van der Waals surface area contributed by atoms with E-state index in [0.29, 0.717) is 35.2 Å². The maximum atomic E-state index is 15.4. The summed E-state index contributed by atoms with van der Waals surface area (Å²) in [6, 6.07) is 0.685. The van der Waals surface area contributed by atoms with Gasteiger partial charge in [-0.15, -0.1) is 0 Å². The fraction of sp³-hybridized carbons (Fsp3) is 0.211. The largest absolute Gasteiger partial charge is 0.324 e. The number of nitrogens with two attached hydrogens (primary N) is 1. The summed E-state index contributed by atoms with van der Waals surface area (Å²) in [6.07, 6.45) is 5.53. The van der Waals surface area contributed by atoms with Crippen LogP contribution in [0.2, 0.25) is 0 Å².